The molecule has 4 aliphatic rings. The van der Waals surface area contributed by atoms with Crippen molar-refractivity contribution in [2.45, 2.75) is 98.6 Å². The van der Waals surface area contributed by atoms with Crippen molar-refractivity contribution >= 4 is 11.8 Å². The summed E-state index contributed by atoms with van der Waals surface area (Å²) in [4.78, 5) is 30.3. The van der Waals surface area contributed by atoms with Crippen LogP contribution in [0.1, 0.15) is 86.5 Å². The van der Waals surface area contributed by atoms with Crippen LogP contribution in [0, 0.1) is 21.7 Å². The van der Waals surface area contributed by atoms with Gasteiger partial charge in [-0.1, -0.05) is 41.5 Å². The largest absolute Gasteiger partial charge is 0.339 e. The highest BCUT2D eigenvalue weighted by atomic mass is 16.2. The predicted molar refractivity (Wildman–Crippen MR) is 107 cm³/mol. The highest BCUT2D eigenvalue weighted by Gasteiger charge is 2.53. The Morgan fingerprint density at radius 3 is 1.44 bits per heavy atom. The fourth-order valence-electron chi connectivity index (χ4n) is 7.84. The van der Waals surface area contributed by atoms with Crippen LogP contribution >= 0.6 is 0 Å². The molecule has 2 saturated heterocycles. The Balaban J connectivity index is 1.43. The second-order valence-corrected chi connectivity index (χ2v) is 12.6. The summed E-state index contributed by atoms with van der Waals surface area (Å²) in [6.07, 6.45) is 6.78. The quantitative estimate of drug-likeness (QED) is 0.679. The van der Waals surface area contributed by atoms with E-state index in [1.54, 1.807) is 0 Å². The van der Waals surface area contributed by atoms with Crippen molar-refractivity contribution in [2.24, 2.45) is 21.7 Å². The molecule has 0 unspecified atom stereocenters. The number of carbonyl (C=O) groups is 2. The first-order valence-corrected chi connectivity index (χ1v) is 10.9. The van der Waals surface area contributed by atoms with Gasteiger partial charge in [0.05, 0.1) is 0 Å². The van der Waals surface area contributed by atoms with Gasteiger partial charge in [0.25, 0.3) is 0 Å². The molecule has 4 bridgehead atoms. The lowest BCUT2D eigenvalue weighted by Crippen LogP contribution is -2.42. The maximum atomic E-state index is 13.1. The van der Waals surface area contributed by atoms with Crippen LogP contribution in [0.4, 0.5) is 0 Å². The summed E-state index contributed by atoms with van der Waals surface area (Å²) in [6, 6.07) is 0.654. The van der Waals surface area contributed by atoms with E-state index < -0.39 is 0 Å². The summed E-state index contributed by atoms with van der Waals surface area (Å²) >= 11 is 0. The minimum absolute atomic E-state index is 0.0669. The number of hydrogen-bond donors (Lipinski definition) is 0. The third-order valence-corrected chi connectivity index (χ3v) is 7.77. The van der Waals surface area contributed by atoms with Crippen molar-refractivity contribution in [1.29, 1.82) is 0 Å². The van der Waals surface area contributed by atoms with Crippen LogP contribution in [0.25, 0.3) is 0 Å². The molecule has 4 nitrogen and oxygen atoms in total. The molecule has 0 aromatic heterocycles. The molecule has 4 fully saturated rings. The number of carbonyl (C=O) groups excluding carboxylic acids is 2. The first kappa shape index (κ1) is 19.3. The van der Waals surface area contributed by atoms with Gasteiger partial charge in [-0.2, -0.15) is 0 Å². The minimum atomic E-state index is 0.0669. The molecule has 2 amide bonds. The predicted octanol–water partition coefficient (Wildman–Crippen LogP) is 4.23. The number of rotatable bonds is 2. The zero-order valence-corrected chi connectivity index (χ0v) is 18.2. The molecule has 0 spiro atoms. The molecular weight excluding hydrogens is 336 g/mol. The van der Waals surface area contributed by atoms with Gasteiger partial charge in [0, 0.05) is 25.2 Å². The SMILES string of the molecule is CC1(C)C[C@H]2C[C@@](C)(CN2C(=O)CC(=O)N2C[C@]3(C)C[C@@H]2CC(C)(C)C3)C1. The summed E-state index contributed by atoms with van der Waals surface area (Å²) in [5.41, 5.74) is 1.05. The van der Waals surface area contributed by atoms with Crippen LogP contribution in [0.3, 0.4) is 0 Å². The maximum absolute atomic E-state index is 13.1. The lowest BCUT2D eigenvalue weighted by molar-refractivity contribution is -0.141. The molecule has 0 N–H and O–H groups in total. The van der Waals surface area contributed by atoms with Gasteiger partial charge in [-0.25, -0.2) is 0 Å². The van der Waals surface area contributed by atoms with Gasteiger partial charge in [0.1, 0.15) is 6.42 Å². The molecular formula is C23H38N2O2. The Morgan fingerprint density at radius 2 is 1.07 bits per heavy atom. The van der Waals surface area contributed by atoms with Crippen LogP contribution in [0.15, 0.2) is 0 Å². The third kappa shape index (κ3) is 3.53. The van der Waals surface area contributed by atoms with E-state index in [0.717, 1.165) is 38.8 Å². The van der Waals surface area contributed by atoms with Crippen LogP contribution in [0.2, 0.25) is 0 Å². The molecule has 4 heteroatoms. The van der Waals surface area contributed by atoms with Gasteiger partial charge in [-0.05, 0) is 60.2 Å². The Labute approximate surface area is 165 Å². The Hall–Kier alpha value is -1.06. The van der Waals surface area contributed by atoms with Crippen molar-refractivity contribution < 1.29 is 9.59 Å². The van der Waals surface area contributed by atoms with Crippen LogP contribution in [0.5, 0.6) is 0 Å². The monoisotopic (exact) mass is 374 g/mol. The Bertz CT molecular complexity index is 613. The summed E-state index contributed by atoms with van der Waals surface area (Å²) in [6.45, 7) is 15.6. The zero-order valence-electron chi connectivity index (χ0n) is 18.2. The van der Waals surface area contributed by atoms with Crippen molar-refractivity contribution in [3.8, 4) is 0 Å². The van der Waals surface area contributed by atoms with E-state index in [9.17, 15) is 9.59 Å². The van der Waals surface area contributed by atoms with Crippen molar-refractivity contribution in [3.05, 3.63) is 0 Å². The fourth-order valence-corrected chi connectivity index (χ4v) is 7.84. The molecule has 2 aliphatic carbocycles. The van der Waals surface area contributed by atoms with E-state index in [1.165, 1.54) is 12.8 Å². The number of nitrogens with zero attached hydrogens (tertiary/aromatic N) is 2. The van der Waals surface area contributed by atoms with Gasteiger partial charge in [-0.3, -0.25) is 9.59 Å². The molecule has 2 saturated carbocycles. The molecule has 2 aliphatic heterocycles. The number of hydrogen-bond acceptors (Lipinski definition) is 2. The molecule has 27 heavy (non-hydrogen) atoms. The van der Waals surface area contributed by atoms with E-state index in [2.05, 4.69) is 51.3 Å². The second-order valence-electron chi connectivity index (χ2n) is 12.6. The summed E-state index contributed by atoms with van der Waals surface area (Å²) in [5.74, 6) is 0.134. The maximum Gasteiger partial charge on any atom is 0.232 e. The van der Waals surface area contributed by atoms with Gasteiger partial charge < -0.3 is 9.80 Å². The first-order chi connectivity index (χ1) is 12.3. The topological polar surface area (TPSA) is 40.6 Å². The van der Waals surface area contributed by atoms with Crippen molar-refractivity contribution in [2.75, 3.05) is 13.1 Å². The van der Waals surface area contributed by atoms with E-state index in [0.29, 0.717) is 22.9 Å². The van der Waals surface area contributed by atoms with Crippen LogP contribution < -0.4 is 0 Å². The van der Waals surface area contributed by atoms with Crippen LogP contribution in [-0.4, -0.2) is 46.8 Å². The highest BCUT2D eigenvalue weighted by Crippen LogP contribution is 2.54. The minimum Gasteiger partial charge on any atom is -0.339 e. The number of fused-ring (bicyclic) bond motifs is 4. The van der Waals surface area contributed by atoms with Crippen molar-refractivity contribution in [1.82, 2.24) is 9.80 Å². The highest BCUT2D eigenvalue weighted by molar-refractivity contribution is 5.97. The van der Waals surface area contributed by atoms with E-state index in [1.807, 2.05) is 0 Å². The second kappa shape index (κ2) is 5.73. The fraction of sp³-hybridized carbons (Fsp3) is 0.913. The van der Waals surface area contributed by atoms with Gasteiger partial charge in [0.2, 0.25) is 11.8 Å². The third-order valence-electron chi connectivity index (χ3n) is 7.77. The van der Waals surface area contributed by atoms with E-state index in [4.69, 9.17) is 0 Å². The molecule has 4 rings (SSSR count). The molecule has 0 radical (unpaired) electrons. The van der Waals surface area contributed by atoms with Crippen LogP contribution in [-0.2, 0) is 9.59 Å². The molecule has 0 aromatic carbocycles. The molecule has 4 atom stereocenters. The molecule has 152 valence electrons. The summed E-state index contributed by atoms with van der Waals surface area (Å²) in [7, 11) is 0. The average Bonchev–Trinajstić information content (AvgIpc) is 2.86. The zero-order chi connectivity index (χ0) is 19.8. The van der Waals surface area contributed by atoms with E-state index >= 15 is 0 Å². The molecule has 2 heterocycles. The Kier molecular flexibility index (Phi) is 4.09. The number of likely N-dealkylation sites (tertiary alicyclic amines) is 2. The Morgan fingerprint density at radius 1 is 0.704 bits per heavy atom. The first-order valence-electron chi connectivity index (χ1n) is 10.9. The average molecular weight is 375 g/mol. The smallest absolute Gasteiger partial charge is 0.232 e. The van der Waals surface area contributed by atoms with E-state index in [-0.39, 0.29) is 29.1 Å². The van der Waals surface area contributed by atoms with Crippen molar-refractivity contribution in [3.63, 3.8) is 0 Å². The normalized spacial score (nSPS) is 41.7. The van der Waals surface area contributed by atoms with Gasteiger partial charge in [-0.15, -0.1) is 0 Å². The van der Waals surface area contributed by atoms with Gasteiger partial charge >= 0.3 is 0 Å². The summed E-state index contributed by atoms with van der Waals surface area (Å²) < 4.78 is 0. The lowest BCUT2D eigenvalue weighted by atomic mass is 9.65. The molecule has 0 aromatic rings. The lowest BCUT2D eigenvalue weighted by Gasteiger charge is -2.39. The number of amides is 2. The standard InChI is InChI=1S/C23H38N2O2/c1-20(2)8-16-10-22(5,12-20)14-24(16)18(26)7-19(27)25-15-23(6)11-17(25)9-21(3,4)13-23/h16-17H,7-15H2,1-6H3/t16-,17-,22+,23+/m0/s1. The summed E-state index contributed by atoms with van der Waals surface area (Å²) in [5, 5.41) is 0. The van der Waals surface area contributed by atoms with Gasteiger partial charge in [0.15, 0.2) is 0 Å².